The molecule has 1 aliphatic heterocycles. The number of piperidine rings is 1. The van der Waals surface area contributed by atoms with Gasteiger partial charge in [-0.2, -0.15) is 14.6 Å². The molecule has 0 radical (unpaired) electrons. The van der Waals surface area contributed by atoms with Gasteiger partial charge in [-0.3, -0.25) is 0 Å². The Kier molecular flexibility index (Phi) is 4.79. The van der Waals surface area contributed by atoms with Crippen molar-refractivity contribution in [3.8, 4) is 17.5 Å². The zero-order chi connectivity index (χ0) is 18.0. The summed E-state index contributed by atoms with van der Waals surface area (Å²) in [5, 5.41) is 9.14. The lowest BCUT2D eigenvalue weighted by molar-refractivity contribution is 0.346. The molecule has 0 spiro atoms. The number of nitriles is 1. The molecule has 0 N–H and O–H groups in total. The molecular formula is C17H20N4O3S. The van der Waals surface area contributed by atoms with Gasteiger partial charge in [-0.05, 0) is 37.1 Å². The van der Waals surface area contributed by atoms with Crippen LogP contribution in [0.25, 0.3) is 11.5 Å². The van der Waals surface area contributed by atoms with E-state index in [1.807, 2.05) is 6.07 Å². The molecule has 0 saturated carbocycles. The average Bonchev–Trinajstić information content (AvgIpc) is 3.07. The van der Waals surface area contributed by atoms with E-state index in [1.165, 1.54) is 4.31 Å². The average molecular weight is 360 g/mol. The Morgan fingerprint density at radius 1 is 1.16 bits per heavy atom. The first kappa shape index (κ1) is 17.5. The minimum atomic E-state index is -3.46. The minimum Gasteiger partial charge on any atom is -0.419 e. The number of aromatic nitrogens is 1. The summed E-state index contributed by atoms with van der Waals surface area (Å²) in [5.74, 6) is 0.671. The van der Waals surface area contributed by atoms with Crippen LogP contribution in [0.1, 0.15) is 25.0 Å². The van der Waals surface area contributed by atoms with Crippen LogP contribution in [0, 0.1) is 11.3 Å². The lowest BCUT2D eigenvalue weighted by Gasteiger charge is -2.25. The van der Waals surface area contributed by atoms with Crippen LogP contribution in [-0.4, -0.2) is 44.9 Å². The van der Waals surface area contributed by atoms with Gasteiger partial charge >= 0.3 is 0 Å². The second-order valence-corrected chi connectivity index (χ2v) is 8.11. The van der Waals surface area contributed by atoms with E-state index in [0.717, 1.165) is 19.3 Å². The van der Waals surface area contributed by atoms with Crippen LogP contribution in [-0.2, 0) is 10.0 Å². The van der Waals surface area contributed by atoms with Gasteiger partial charge in [0.15, 0.2) is 0 Å². The van der Waals surface area contributed by atoms with Gasteiger partial charge in [0.2, 0.25) is 27.5 Å². The van der Waals surface area contributed by atoms with Crippen molar-refractivity contribution in [1.29, 1.82) is 5.26 Å². The quantitative estimate of drug-likeness (QED) is 0.832. The molecule has 2 heterocycles. The Hall–Kier alpha value is -2.37. The molecule has 0 bridgehead atoms. The SMILES string of the molecule is CN(C)c1oc(-c2ccc(S(=O)(=O)N3CCCCC3)cc2)nc1C#N. The van der Waals surface area contributed by atoms with E-state index in [9.17, 15) is 8.42 Å². The third-order valence-electron chi connectivity index (χ3n) is 4.18. The van der Waals surface area contributed by atoms with Crippen LogP contribution in [0.5, 0.6) is 0 Å². The molecule has 1 aromatic carbocycles. The topological polar surface area (TPSA) is 90.4 Å². The number of hydrogen-bond donors (Lipinski definition) is 0. The van der Waals surface area contributed by atoms with Crippen LogP contribution < -0.4 is 4.90 Å². The van der Waals surface area contributed by atoms with E-state index in [2.05, 4.69) is 4.98 Å². The molecule has 8 heteroatoms. The molecule has 7 nitrogen and oxygen atoms in total. The Morgan fingerprint density at radius 2 is 1.80 bits per heavy atom. The predicted octanol–water partition coefficient (Wildman–Crippen LogP) is 2.45. The summed E-state index contributed by atoms with van der Waals surface area (Å²) in [4.78, 5) is 6.11. The van der Waals surface area contributed by atoms with Crippen molar-refractivity contribution < 1.29 is 12.8 Å². The summed E-state index contributed by atoms with van der Waals surface area (Å²) in [5.41, 5.74) is 0.826. The van der Waals surface area contributed by atoms with Gasteiger partial charge in [-0.15, -0.1) is 0 Å². The van der Waals surface area contributed by atoms with Gasteiger partial charge in [0.1, 0.15) is 6.07 Å². The molecule has 1 aliphatic rings. The molecule has 25 heavy (non-hydrogen) atoms. The van der Waals surface area contributed by atoms with Crippen LogP contribution in [0.3, 0.4) is 0 Å². The van der Waals surface area contributed by atoms with Crippen molar-refractivity contribution in [2.24, 2.45) is 0 Å². The van der Waals surface area contributed by atoms with Crippen LogP contribution in [0.4, 0.5) is 5.88 Å². The first-order valence-corrected chi connectivity index (χ1v) is 9.56. The fraction of sp³-hybridized carbons (Fsp3) is 0.412. The van der Waals surface area contributed by atoms with Crippen LogP contribution >= 0.6 is 0 Å². The predicted molar refractivity (Wildman–Crippen MR) is 93.6 cm³/mol. The maximum absolute atomic E-state index is 12.7. The molecule has 0 aliphatic carbocycles. The van der Waals surface area contributed by atoms with Gasteiger partial charge in [-0.25, -0.2) is 8.42 Å². The van der Waals surface area contributed by atoms with E-state index < -0.39 is 10.0 Å². The molecule has 1 aromatic heterocycles. The Balaban J connectivity index is 1.89. The Morgan fingerprint density at radius 3 is 2.32 bits per heavy atom. The van der Waals surface area contributed by atoms with Crippen molar-refractivity contribution in [3.05, 3.63) is 30.0 Å². The normalized spacial score (nSPS) is 15.7. The maximum Gasteiger partial charge on any atom is 0.243 e. The summed E-state index contributed by atoms with van der Waals surface area (Å²) in [6, 6.07) is 8.43. The number of hydrogen-bond acceptors (Lipinski definition) is 6. The molecule has 132 valence electrons. The molecule has 2 aromatic rings. The van der Waals surface area contributed by atoms with E-state index in [1.54, 1.807) is 43.3 Å². The summed E-state index contributed by atoms with van der Waals surface area (Å²) in [7, 11) is 0.0663. The van der Waals surface area contributed by atoms with Crippen molar-refractivity contribution >= 4 is 15.9 Å². The van der Waals surface area contributed by atoms with E-state index in [-0.39, 0.29) is 10.6 Å². The van der Waals surface area contributed by atoms with Gasteiger partial charge < -0.3 is 9.32 Å². The number of sulfonamides is 1. The lowest BCUT2D eigenvalue weighted by atomic mass is 10.2. The number of oxazole rings is 1. The van der Waals surface area contributed by atoms with Crippen molar-refractivity contribution in [2.75, 3.05) is 32.1 Å². The first-order chi connectivity index (χ1) is 11.9. The molecule has 1 saturated heterocycles. The standard InChI is InChI=1S/C17H20N4O3S/c1-20(2)17-15(12-18)19-16(24-17)13-6-8-14(9-7-13)25(22,23)21-10-4-3-5-11-21/h6-9H,3-5,10-11H2,1-2H3. The van der Waals surface area contributed by atoms with E-state index >= 15 is 0 Å². The second-order valence-electron chi connectivity index (χ2n) is 6.17. The van der Waals surface area contributed by atoms with E-state index in [4.69, 9.17) is 9.68 Å². The highest BCUT2D eigenvalue weighted by molar-refractivity contribution is 7.89. The van der Waals surface area contributed by atoms with E-state index in [0.29, 0.717) is 30.4 Å². The van der Waals surface area contributed by atoms with Crippen molar-refractivity contribution in [1.82, 2.24) is 9.29 Å². The Bertz CT molecular complexity index is 889. The largest absolute Gasteiger partial charge is 0.419 e. The summed E-state index contributed by atoms with van der Waals surface area (Å²) >= 11 is 0. The zero-order valence-electron chi connectivity index (χ0n) is 14.3. The molecule has 0 atom stereocenters. The number of benzene rings is 1. The highest BCUT2D eigenvalue weighted by atomic mass is 32.2. The molecule has 0 unspecified atom stereocenters. The number of nitrogens with zero attached hydrogens (tertiary/aromatic N) is 4. The third-order valence-corrected chi connectivity index (χ3v) is 6.09. The molecular weight excluding hydrogens is 340 g/mol. The summed E-state index contributed by atoms with van der Waals surface area (Å²) in [6.07, 6.45) is 2.88. The van der Waals surface area contributed by atoms with Crippen molar-refractivity contribution in [3.63, 3.8) is 0 Å². The van der Waals surface area contributed by atoms with Crippen molar-refractivity contribution in [2.45, 2.75) is 24.2 Å². The van der Waals surface area contributed by atoms with Gasteiger partial charge in [0.25, 0.3) is 0 Å². The molecule has 0 amide bonds. The van der Waals surface area contributed by atoms with Gasteiger partial charge in [-0.1, -0.05) is 6.42 Å². The lowest BCUT2D eigenvalue weighted by Crippen LogP contribution is -2.35. The number of anilines is 1. The third kappa shape index (κ3) is 3.38. The fourth-order valence-electron chi connectivity index (χ4n) is 2.84. The monoisotopic (exact) mass is 360 g/mol. The summed E-state index contributed by atoms with van der Waals surface area (Å²) in [6.45, 7) is 1.14. The smallest absolute Gasteiger partial charge is 0.243 e. The first-order valence-electron chi connectivity index (χ1n) is 8.12. The minimum absolute atomic E-state index is 0.199. The second kappa shape index (κ2) is 6.86. The highest BCUT2D eigenvalue weighted by Gasteiger charge is 2.26. The van der Waals surface area contributed by atoms with Gasteiger partial charge in [0.05, 0.1) is 4.90 Å². The maximum atomic E-state index is 12.7. The summed E-state index contributed by atoms with van der Waals surface area (Å²) < 4.78 is 32.5. The molecule has 1 fully saturated rings. The van der Waals surface area contributed by atoms with Crippen LogP contribution in [0.2, 0.25) is 0 Å². The van der Waals surface area contributed by atoms with Crippen LogP contribution in [0.15, 0.2) is 33.6 Å². The Labute approximate surface area is 147 Å². The number of rotatable bonds is 4. The zero-order valence-corrected chi connectivity index (χ0v) is 15.1. The fourth-order valence-corrected chi connectivity index (χ4v) is 4.35. The molecule has 3 rings (SSSR count). The highest BCUT2D eigenvalue weighted by Crippen LogP contribution is 2.28. The van der Waals surface area contributed by atoms with Gasteiger partial charge in [0, 0.05) is 32.7 Å².